The first-order valence-electron chi connectivity index (χ1n) is 13.9. The van der Waals surface area contributed by atoms with Crippen molar-refractivity contribution in [3.8, 4) is 5.75 Å². The van der Waals surface area contributed by atoms with Gasteiger partial charge in [0.2, 0.25) is 0 Å². The van der Waals surface area contributed by atoms with E-state index in [0.717, 1.165) is 44.3 Å². The summed E-state index contributed by atoms with van der Waals surface area (Å²) in [6.07, 6.45) is 4.93. The highest BCUT2D eigenvalue weighted by molar-refractivity contribution is 6.17. The molecule has 2 unspecified atom stereocenters. The minimum atomic E-state index is -0.522. The maximum atomic E-state index is 13.9. The lowest BCUT2D eigenvalue weighted by molar-refractivity contribution is -0.145. The van der Waals surface area contributed by atoms with Crippen LogP contribution in [0.3, 0.4) is 0 Å². The third-order valence-corrected chi connectivity index (χ3v) is 7.94. The Morgan fingerprint density at radius 1 is 1.03 bits per heavy atom. The first-order valence-corrected chi connectivity index (χ1v) is 13.9. The zero-order valence-corrected chi connectivity index (χ0v) is 23.3. The maximum absolute atomic E-state index is 13.9. The first kappa shape index (κ1) is 28.0. The van der Waals surface area contributed by atoms with Crippen molar-refractivity contribution >= 4 is 17.8 Å². The van der Waals surface area contributed by atoms with Gasteiger partial charge in [0.15, 0.2) is 0 Å². The number of amides is 2. The fourth-order valence-corrected chi connectivity index (χ4v) is 6.07. The molecule has 3 aliphatic rings. The summed E-state index contributed by atoms with van der Waals surface area (Å²) in [6.45, 7) is 5.74. The number of nitrogens with zero attached hydrogens (tertiary/aromatic N) is 4. The number of piperazine rings is 1. The van der Waals surface area contributed by atoms with Gasteiger partial charge in [-0.25, -0.2) is 4.79 Å². The number of hydrogen-bond acceptors (Lipinski definition) is 7. The first-order chi connectivity index (χ1) is 18.3. The van der Waals surface area contributed by atoms with Crippen LogP contribution in [-0.4, -0.2) is 111 Å². The van der Waals surface area contributed by atoms with Crippen LogP contribution in [0, 0.1) is 5.92 Å². The Kier molecular flexibility index (Phi) is 9.31. The maximum Gasteiger partial charge on any atom is 0.345 e. The van der Waals surface area contributed by atoms with Crippen molar-refractivity contribution in [3.63, 3.8) is 0 Å². The van der Waals surface area contributed by atoms with Crippen LogP contribution in [0.15, 0.2) is 35.5 Å². The molecule has 1 saturated heterocycles. The lowest BCUT2D eigenvalue weighted by Crippen LogP contribution is -2.57. The molecule has 2 atom stereocenters. The van der Waals surface area contributed by atoms with Gasteiger partial charge in [0.05, 0.1) is 13.7 Å². The highest BCUT2D eigenvalue weighted by atomic mass is 16.5. The summed E-state index contributed by atoms with van der Waals surface area (Å²) in [4.78, 5) is 48.3. The van der Waals surface area contributed by atoms with E-state index in [0.29, 0.717) is 44.0 Å². The fourth-order valence-electron chi connectivity index (χ4n) is 6.07. The number of esters is 1. The smallest absolute Gasteiger partial charge is 0.345 e. The van der Waals surface area contributed by atoms with Crippen molar-refractivity contribution in [2.24, 2.45) is 5.92 Å². The van der Waals surface area contributed by atoms with E-state index in [1.165, 1.54) is 0 Å². The molecule has 0 radical (unpaired) electrons. The second kappa shape index (κ2) is 12.7. The van der Waals surface area contributed by atoms with Crippen LogP contribution in [0.4, 0.5) is 0 Å². The van der Waals surface area contributed by atoms with Crippen molar-refractivity contribution in [2.75, 3.05) is 67.1 Å². The standard InChI is InChI=1S/C29H42N4O5/c1-5-38-29(36)25-26(23-9-6-7-10-24(23)33(28(25)35)16-8-15-30(2)3)31-17-19-32(20-18-31)27(34)21-11-13-22(37-4)14-12-21/h11-14,23-24H,5-10,15-20H2,1-4H3. The van der Waals surface area contributed by atoms with Gasteiger partial charge in [0.25, 0.3) is 11.8 Å². The highest BCUT2D eigenvalue weighted by Gasteiger charge is 2.47. The molecule has 9 heteroatoms. The second-order valence-electron chi connectivity index (χ2n) is 10.6. The molecular formula is C29H42N4O5. The van der Waals surface area contributed by atoms with E-state index in [9.17, 15) is 14.4 Å². The molecule has 0 bridgehead atoms. The van der Waals surface area contributed by atoms with Gasteiger partial charge < -0.3 is 29.1 Å². The van der Waals surface area contributed by atoms with Crippen molar-refractivity contribution in [1.29, 1.82) is 0 Å². The Morgan fingerprint density at radius 3 is 2.34 bits per heavy atom. The van der Waals surface area contributed by atoms with Crippen LogP contribution in [0.2, 0.25) is 0 Å². The number of ether oxygens (including phenoxy) is 2. The van der Waals surface area contributed by atoms with Crippen LogP contribution < -0.4 is 4.74 Å². The van der Waals surface area contributed by atoms with Gasteiger partial charge in [-0.2, -0.15) is 0 Å². The average Bonchev–Trinajstić information content (AvgIpc) is 2.93. The molecule has 1 aliphatic carbocycles. The van der Waals surface area contributed by atoms with Crippen LogP contribution in [0.5, 0.6) is 5.75 Å². The molecule has 38 heavy (non-hydrogen) atoms. The van der Waals surface area contributed by atoms with E-state index in [2.05, 4.69) is 9.80 Å². The molecule has 208 valence electrons. The Balaban J connectivity index is 1.57. The molecule has 9 nitrogen and oxygen atoms in total. The Bertz CT molecular complexity index is 1030. The number of carbonyl (C=O) groups excluding carboxylic acids is 3. The predicted molar refractivity (Wildman–Crippen MR) is 145 cm³/mol. The number of fused-ring (bicyclic) bond motifs is 1. The molecule has 0 N–H and O–H groups in total. The number of carbonyl (C=O) groups is 3. The molecule has 1 aromatic rings. The van der Waals surface area contributed by atoms with Crippen LogP contribution in [-0.2, 0) is 14.3 Å². The average molecular weight is 527 g/mol. The normalized spacial score (nSPS) is 22.0. The number of rotatable bonds is 9. The van der Waals surface area contributed by atoms with Crippen molar-refractivity contribution < 1.29 is 23.9 Å². The highest BCUT2D eigenvalue weighted by Crippen LogP contribution is 2.41. The minimum Gasteiger partial charge on any atom is -0.497 e. The third kappa shape index (κ3) is 5.98. The van der Waals surface area contributed by atoms with Crippen molar-refractivity contribution in [2.45, 2.75) is 45.1 Å². The van der Waals surface area contributed by atoms with E-state index in [1.807, 2.05) is 23.9 Å². The second-order valence-corrected chi connectivity index (χ2v) is 10.6. The quantitative estimate of drug-likeness (QED) is 0.361. The lowest BCUT2D eigenvalue weighted by atomic mass is 9.76. The van der Waals surface area contributed by atoms with Gasteiger partial charge in [-0.05, 0) is 71.1 Å². The Morgan fingerprint density at radius 2 is 1.71 bits per heavy atom. The van der Waals surface area contributed by atoms with E-state index in [4.69, 9.17) is 9.47 Å². The molecule has 0 aromatic heterocycles. The largest absolute Gasteiger partial charge is 0.497 e. The molecule has 2 amide bonds. The van der Waals surface area contributed by atoms with Gasteiger partial charge in [-0.1, -0.05) is 12.8 Å². The zero-order chi connectivity index (χ0) is 27.2. The monoisotopic (exact) mass is 526 g/mol. The molecule has 1 saturated carbocycles. The topological polar surface area (TPSA) is 82.6 Å². The van der Waals surface area contributed by atoms with Crippen LogP contribution in [0.25, 0.3) is 0 Å². The molecule has 2 aliphatic heterocycles. The molecule has 0 spiro atoms. The molecule has 2 heterocycles. The summed E-state index contributed by atoms with van der Waals surface area (Å²) in [5, 5.41) is 0. The van der Waals surface area contributed by atoms with Crippen molar-refractivity contribution in [1.82, 2.24) is 19.6 Å². The number of benzene rings is 1. The summed E-state index contributed by atoms with van der Waals surface area (Å²) in [5.41, 5.74) is 1.67. The van der Waals surface area contributed by atoms with E-state index in [1.54, 1.807) is 38.3 Å². The van der Waals surface area contributed by atoms with E-state index < -0.39 is 5.97 Å². The predicted octanol–water partition coefficient (Wildman–Crippen LogP) is 2.62. The van der Waals surface area contributed by atoms with E-state index in [-0.39, 0.29) is 36.0 Å². The van der Waals surface area contributed by atoms with E-state index >= 15 is 0 Å². The fraction of sp³-hybridized carbons (Fsp3) is 0.621. The van der Waals surface area contributed by atoms with Gasteiger partial charge in [0, 0.05) is 55.9 Å². The van der Waals surface area contributed by atoms with Gasteiger partial charge in [0.1, 0.15) is 11.3 Å². The summed E-state index contributed by atoms with van der Waals surface area (Å²) in [6, 6.07) is 7.26. The van der Waals surface area contributed by atoms with Crippen LogP contribution >= 0.6 is 0 Å². The Labute approximate surface area is 226 Å². The molecule has 2 fully saturated rings. The minimum absolute atomic E-state index is 0.0192. The summed E-state index contributed by atoms with van der Waals surface area (Å²) >= 11 is 0. The zero-order valence-electron chi connectivity index (χ0n) is 23.3. The SMILES string of the molecule is CCOC(=O)C1=C(N2CCN(C(=O)c3ccc(OC)cc3)CC2)C2CCCCC2N(CCCN(C)C)C1=O. The van der Waals surface area contributed by atoms with Crippen molar-refractivity contribution in [3.05, 3.63) is 41.1 Å². The molecule has 4 rings (SSSR count). The number of hydrogen-bond donors (Lipinski definition) is 0. The molecule has 1 aromatic carbocycles. The summed E-state index contributed by atoms with van der Waals surface area (Å²) in [7, 11) is 5.66. The molecular weight excluding hydrogens is 484 g/mol. The third-order valence-electron chi connectivity index (χ3n) is 7.94. The summed E-state index contributed by atoms with van der Waals surface area (Å²) in [5.74, 6) is 0.0887. The van der Waals surface area contributed by atoms with Gasteiger partial charge in [-0.15, -0.1) is 0 Å². The number of methoxy groups -OCH3 is 1. The van der Waals surface area contributed by atoms with Crippen LogP contribution in [0.1, 0.15) is 49.4 Å². The van der Waals surface area contributed by atoms with Gasteiger partial charge >= 0.3 is 5.97 Å². The Hall–Kier alpha value is -3.07. The lowest BCUT2D eigenvalue weighted by Gasteiger charge is -2.49. The van der Waals surface area contributed by atoms with Gasteiger partial charge in [-0.3, -0.25) is 9.59 Å². The summed E-state index contributed by atoms with van der Waals surface area (Å²) < 4.78 is 10.6.